The number of nitrogens with zero attached hydrogens (tertiary/aromatic N) is 1. The van der Waals surface area contributed by atoms with Crippen LogP contribution in [0.5, 0.6) is 0 Å². The lowest BCUT2D eigenvalue weighted by atomic mass is 10.2. The lowest BCUT2D eigenvalue weighted by molar-refractivity contribution is 0.204. The summed E-state index contributed by atoms with van der Waals surface area (Å²) in [4.78, 5) is 14.4. The Balaban J connectivity index is 2.54. The minimum absolute atomic E-state index is 0.0744. The maximum absolute atomic E-state index is 12.0. The van der Waals surface area contributed by atoms with E-state index in [1.807, 2.05) is 37.4 Å². The van der Waals surface area contributed by atoms with E-state index in [0.717, 1.165) is 16.2 Å². The van der Waals surface area contributed by atoms with Crippen LogP contribution >= 0.6 is 11.8 Å². The first-order valence-corrected chi connectivity index (χ1v) is 9.32. The Morgan fingerprint density at radius 1 is 1.40 bits per heavy atom. The number of urea groups is 1. The van der Waals surface area contributed by atoms with Gasteiger partial charge in [-0.25, -0.2) is 4.79 Å². The third-order valence-corrected chi connectivity index (χ3v) is 4.58. The molecule has 0 fully saturated rings. The summed E-state index contributed by atoms with van der Waals surface area (Å²) in [7, 11) is 0.807. The van der Waals surface area contributed by atoms with Crippen LogP contribution in [0.15, 0.2) is 29.2 Å². The summed E-state index contributed by atoms with van der Waals surface area (Å²) in [5.74, 6) is 0.899. The van der Waals surface area contributed by atoms with E-state index in [-0.39, 0.29) is 12.1 Å². The molecule has 20 heavy (non-hydrogen) atoms. The molecule has 4 nitrogen and oxygen atoms in total. The molecular formula is C14H22N2O2S2. The van der Waals surface area contributed by atoms with Gasteiger partial charge in [-0.3, -0.25) is 4.21 Å². The third-order valence-electron chi connectivity index (χ3n) is 2.81. The molecule has 1 aromatic carbocycles. The van der Waals surface area contributed by atoms with E-state index in [4.69, 9.17) is 0 Å². The van der Waals surface area contributed by atoms with Crippen LogP contribution in [0, 0.1) is 0 Å². The molecule has 1 aromatic rings. The summed E-state index contributed by atoms with van der Waals surface area (Å²) >= 11 is 1.71. The minimum Gasteiger partial charge on any atom is -0.335 e. The fraction of sp³-hybridized carbons (Fsp3) is 0.500. The van der Waals surface area contributed by atoms with Gasteiger partial charge in [-0.2, -0.15) is 11.8 Å². The van der Waals surface area contributed by atoms with Gasteiger partial charge in [0, 0.05) is 47.3 Å². The average molecular weight is 314 g/mol. The van der Waals surface area contributed by atoms with E-state index in [1.54, 1.807) is 30.0 Å². The highest BCUT2D eigenvalue weighted by Gasteiger charge is 2.12. The summed E-state index contributed by atoms with van der Waals surface area (Å²) in [6, 6.07) is 7.58. The number of hydrogen-bond acceptors (Lipinski definition) is 3. The van der Waals surface area contributed by atoms with E-state index < -0.39 is 10.8 Å². The van der Waals surface area contributed by atoms with Crippen molar-refractivity contribution in [2.24, 2.45) is 0 Å². The highest BCUT2D eigenvalue weighted by atomic mass is 32.2. The van der Waals surface area contributed by atoms with Crippen LogP contribution in [-0.4, -0.2) is 46.5 Å². The number of amides is 2. The van der Waals surface area contributed by atoms with Crippen LogP contribution in [0.25, 0.3) is 0 Å². The Bertz CT molecular complexity index is 463. The minimum atomic E-state index is -0.964. The van der Waals surface area contributed by atoms with Crippen molar-refractivity contribution in [1.29, 1.82) is 0 Å². The number of rotatable bonds is 6. The van der Waals surface area contributed by atoms with Crippen molar-refractivity contribution in [2.75, 3.05) is 25.3 Å². The van der Waals surface area contributed by atoms with Gasteiger partial charge >= 0.3 is 6.03 Å². The summed E-state index contributed by atoms with van der Waals surface area (Å²) in [5, 5.41) is 2.95. The van der Waals surface area contributed by atoms with Crippen molar-refractivity contribution in [1.82, 2.24) is 10.2 Å². The topological polar surface area (TPSA) is 49.4 Å². The molecule has 2 amide bonds. The SMILES string of the molecule is CSC[C@@H](C)NC(=O)N(C)Cc1ccc([S@@](C)=O)cc1. The normalized spacial score (nSPS) is 13.6. The molecular weight excluding hydrogens is 292 g/mol. The van der Waals surface area contributed by atoms with Crippen LogP contribution < -0.4 is 5.32 Å². The van der Waals surface area contributed by atoms with Gasteiger partial charge in [0.15, 0.2) is 0 Å². The lowest BCUT2D eigenvalue weighted by Gasteiger charge is -2.21. The largest absolute Gasteiger partial charge is 0.335 e. The van der Waals surface area contributed by atoms with E-state index in [9.17, 15) is 9.00 Å². The number of carbonyl (C=O) groups excluding carboxylic acids is 1. The molecule has 1 N–H and O–H groups in total. The maximum Gasteiger partial charge on any atom is 0.317 e. The van der Waals surface area contributed by atoms with E-state index >= 15 is 0 Å². The standard InChI is InChI=1S/C14H22N2O2S2/c1-11(10-19-3)15-14(17)16(2)9-12-5-7-13(8-6-12)20(4)18/h5-8,11H,9-10H2,1-4H3,(H,15,17)/t11-,20-/m1/s1. The molecule has 6 heteroatoms. The highest BCUT2D eigenvalue weighted by molar-refractivity contribution is 7.98. The van der Waals surface area contributed by atoms with Crippen molar-refractivity contribution in [2.45, 2.75) is 24.4 Å². The number of hydrogen-bond donors (Lipinski definition) is 1. The zero-order valence-electron chi connectivity index (χ0n) is 12.4. The van der Waals surface area contributed by atoms with Crippen molar-refractivity contribution in [3.63, 3.8) is 0 Å². The number of carbonyl (C=O) groups is 1. The van der Waals surface area contributed by atoms with Crippen molar-refractivity contribution in [3.05, 3.63) is 29.8 Å². The van der Waals surface area contributed by atoms with Crippen molar-refractivity contribution >= 4 is 28.6 Å². The van der Waals surface area contributed by atoms with E-state index in [0.29, 0.717) is 6.54 Å². The number of thioether (sulfide) groups is 1. The number of nitrogens with one attached hydrogen (secondary N) is 1. The second kappa shape index (κ2) is 8.32. The second-order valence-electron chi connectivity index (χ2n) is 4.76. The molecule has 0 saturated carbocycles. The lowest BCUT2D eigenvalue weighted by Crippen LogP contribution is -2.42. The Labute approximate surface area is 127 Å². The molecule has 0 saturated heterocycles. The fourth-order valence-corrected chi connectivity index (χ4v) is 2.85. The van der Waals surface area contributed by atoms with Gasteiger partial charge in [-0.1, -0.05) is 12.1 Å². The van der Waals surface area contributed by atoms with Gasteiger partial charge in [0.05, 0.1) is 0 Å². The quantitative estimate of drug-likeness (QED) is 0.876. The Kier molecular flexibility index (Phi) is 7.09. The Morgan fingerprint density at radius 2 is 2.00 bits per heavy atom. The highest BCUT2D eigenvalue weighted by Crippen LogP contribution is 2.09. The zero-order chi connectivity index (χ0) is 15.1. The molecule has 0 aromatic heterocycles. The predicted octanol–water partition coefficient (Wildman–Crippen LogP) is 2.32. The van der Waals surface area contributed by atoms with Gasteiger partial charge in [0.1, 0.15) is 0 Å². The second-order valence-corrected chi connectivity index (χ2v) is 7.05. The first-order chi connectivity index (χ1) is 9.43. The molecule has 0 aliphatic carbocycles. The molecule has 0 radical (unpaired) electrons. The monoisotopic (exact) mass is 314 g/mol. The van der Waals surface area contributed by atoms with Gasteiger partial charge < -0.3 is 10.2 Å². The maximum atomic E-state index is 12.0. The molecule has 0 aliphatic rings. The third kappa shape index (κ3) is 5.54. The molecule has 0 spiro atoms. The first-order valence-electron chi connectivity index (χ1n) is 6.37. The summed E-state index contributed by atoms with van der Waals surface area (Å²) in [6.45, 7) is 2.53. The van der Waals surface area contributed by atoms with Crippen LogP contribution in [-0.2, 0) is 17.3 Å². The smallest absolute Gasteiger partial charge is 0.317 e. The molecule has 0 unspecified atom stereocenters. The van der Waals surface area contributed by atoms with E-state index in [2.05, 4.69) is 5.32 Å². The van der Waals surface area contributed by atoms with Gasteiger partial charge in [0.25, 0.3) is 0 Å². The summed E-state index contributed by atoms with van der Waals surface area (Å²) in [6.07, 6.45) is 3.67. The Morgan fingerprint density at radius 3 is 2.50 bits per heavy atom. The zero-order valence-corrected chi connectivity index (χ0v) is 14.0. The van der Waals surface area contributed by atoms with Gasteiger partial charge in [-0.05, 0) is 30.9 Å². The van der Waals surface area contributed by atoms with Crippen LogP contribution in [0.4, 0.5) is 4.79 Å². The van der Waals surface area contributed by atoms with Gasteiger partial charge in [0.2, 0.25) is 0 Å². The molecule has 0 heterocycles. The fourth-order valence-electron chi connectivity index (χ4n) is 1.74. The van der Waals surface area contributed by atoms with Crippen molar-refractivity contribution < 1.29 is 9.00 Å². The summed E-state index contributed by atoms with van der Waals surface area (Å²) < 4.78 is 11.3. The summed E-state index contributed by atoms with van der Waals surface area (Å²) in [5.41, 5.74) is 1.02. The number of benzene rings is 1. The molecule has 112 valence electrons. The molecule has 0 bridgehead atoms. The molecule has 0 aliphatic heterocycles. The Hall–Kier alpha value is -1.01. The van der Waals surface area contributed by atoms with Crippen LogP contribution in [0.3, 0.4) is 0 Å². The van der Waals surface area contributed by atoms with Crippen LogP contribution in [0.1, 0.15) is 12.5 Å². The van der Waals surface area contributed by atoms with Crippen LogP contribution in [0.2, 0.25) is 0 Å². The van der Waals surface area contributed by atoms with E-state index in [1.165, 1.54) is 0 Å². The predicted molar refractivity (Wildman–Crippen MR) is 86.6 cm³/mol. The van der Waals surface area contributed by atoms with Crippen molar-refractivity contribution in [3.8, 4) is 0 Å². The first kappa shape index (κ1) is 17.0. The average Bonchev–Trinajstić information content (AvgIpc) is 2.39. The van der Waals surface area contributed by atoms with Gasteiger partial charge in [-0.15, -0.1) is 0 Å². The molecule has 1 rings (SSSR count). The molecule has 2 atom stereocenters.